The van der Waals surface area contributed by atoms with Crippen LogP contribution in [-0.4, -0.2) is 24.8 Å². The maximum atomic E-state index is 12.6. The Morgan fingerprint density at radius 1 is 1.22 bits per heavy atom. The fraction of sp³-hybridized carbons (Fsp3) is 0.263. The molecule has 0 spiro atoms. The van der Waals surface area contributed by atoms with Gasteiger partial charge in [0.15, 0.2) is 0 Å². The third-order valence-electron chi connectivity index (χ3n) is 4.34. The number of sulfonamides is 1. The first-order chi connectivity index (χ1) is 12.5. The van der Waals surface area contributed by atoms with Crippen molar-refractivity contribution < 1.29 is 13.2 Å². The zero-order valence-electron chi connectivity index (χ0n) is 15.4. The van der Waals surface area contributed by atoms with E-state index < -0.39 is 15.6 Å². The summed E-state index contributed by atoms with van der Waals surface area (Å²) in [5.74, 6) is 0.473. The van der Waals surface area contributed by atoms with E-state index in [-0.39, 0.29) is 11.3 Å². The first-order valence-corrected chi connectivity index (χ1v) is 10.1. The Balaban J connectivity index is 2.51. The van der Waals surface area contributed by atoms with Gasteiger partial charge in [0, 0.05) is 17.8 Å². The lowest BCUT2D eigenvalue weighted by Gasteiger charge is -2.37. The van der Waals surface area contributed by atoms with Crippen LogP contribution in [0.3, 0.4) is 0 Å². The number of rotatable bonds is 3. The molecule has 8 heteroatoms. The number of benzene rings is 1. The number of pyridine rings is 1. The second kappa shape index (κ2) is 6.28. The van der Waals surface area contributed by atoms with Crippen molar-refractivity contribution in [2.45, 2.75) is 26.4 Å². The van der Waals surface area contributed by atoms with Gasteiger partial charge in [0.25, 0.3) is 5.56 Å². The molecule has 0 unspecified atom stereocenters. The number of aromatic nitrogens is 1. The maximum Gasteiger partial charge on any atom is 0.255 e. The molecule has 1 aromatic carbocycles. The third-order valence-corrected chi connectivity index (χ3v) is 4.91. The quantitative estimate of drug-likeness (QED) is 0.870. The molecule has 2 aromatic rings. The zero-order chi connectivity index (χ0) is 20.0. The van der Waals surface area contributed by atoms with Gasteiger partial charge in [-0.3, -0.25) is 14.1 Å². The lowest BCUT2D eigenvalue weighted by Crippen LogP contribution is -2.44. The molecule has 1 aliphatic rings. The van der Waals surface area contributed by atoms with Crippen LogP contribution in [0.4, 0.5) is 0 Å². The van der Waals surface area contributed by atoms with Crippen LogP contribution in [0.5, 0.6) is 5.75 Å². The summed E-state index contributed by atoms with van der Waals surface area (Å²) in [5, 5.41) is 9.40. The molecule has 0 saturated heterocycles. The van der Waals surface area contributed by atoms with E-state index in [9.17, 15) is 18.5 Å². The summed E-state index contributed by atoms with van der Waals surface area (Å²) in [5.41, 5.74) is 0.720. The molecule has 7 nitrogen and oxygen atoms in total. The van der Waals surface area contributed by atoms with E-state index in [4.69, 9.17) is 4.74 Å². The first-order valence-electron chi connectivity index (χ1n) is 8.19. The van der Waals surface area contributed by atoms with Crippen molar-refractivity contribution in [3.8, 4) is 11.8 Å². The van der Waals surface area contributed by atoms with Gasteiger partial charge >= 0.3 is 0 Å². The summed E-state index contributed by atoms with van der Waals surface area (Å²) in [7, 11) is -3.65. The van der Waals surface area contributed by atoms with E-state index in [0.717, 1.165) is 6.26 Å². The number of fused-ring (bicyclic) bond motifs is 1. The predicted molar refractivity (Wildman–Crippen MR) is 102 cm³/mol. The number of nitriles is 1. The number of hydrogen-bond donors (Lipinski definition) is 1. The standard InChI is InChI=1S/C19H19N3O4S/c1-12-13(11-20)8-9-14-16(12)17(22-10-6-5-7-15(22)23)18(19(2,3)26-14)21-27(4,24)25/h5-10,21H,1-4H3. The van der Waals surface area contributed by atoms with Gasteiger partial charge in [-0.25, -0.2) is 8.42 Å². The van der Waals surface area contributed by atoms with Crippen LogP contribution in [-0.2, 0) is 10.0 Å². The Morgan fingerprint density at radius 2 is 1.93 bits per heavy atom. The molecule has 0 saturated carbocycles. The average Bonchev–Trinajstić information content (AvgIpc) is 2.56. The fourth-order valence-electron chi connectivity index (χ4n) is 3.13. The lowest BCUT2D eigenvalue weighted by molar-refractivity contribution is 0.139. The van der Waals surface area contributed by atoms with Crippen LogP contribution in [0.2, 0.25) is 0 Å². The summed E-state index contributed by atoms with van der Waals surface area (Å²) in [6.07, 6.45) is 2.60. The molecule has 0 atom stereocenters. The number of nitrogens with one attached hydrogen (secondary N) is 1. The Morgan fingerprint density at radius 3 is 2.52 bits per heavy atom. The molecule has 1 aliphatic heterocycles. The minimum atomic E-state index is -3.65. The monoisotopic (exact) mass is 385 g/mol. The van der Waals surface area contributed by atoms with Crippen molar-refractivity contribution in [1.29, 1.82) is 5.26 Å². The largest absolute Gasteiger partial charge is 0.481 e. The van der Waals surface area contributed by atoms with Gasteiger partial charge in [-0.05, 0) is 44.5 Å². The van der Waals surface area contributed by atoms with Gasteiger partial charge in [-0.2, -0.15) is 5.26 Å². The highest BCUT2D eigenvalue weighted by molar-refractivity contribution is 7.88. The van der Waals surface area contributed by atoms with E-state index in [1.807, 2.05) is 0 Å². The second-order valence-electron chi connectivity index (χ2n) is 6.84. The van der Waals surface area contributed by atoms with E-state index in [1.165, 1.54) is 10.6 Å². The molecule has 27 heavy (non-hydrogen) atoms. The van der Waals surface area contributed by atoms with E-state index in [1.54, 1.807) is 51.2 Å². The second-order valence-corrected chi connectivity index (χ2v) is 8.59. The summed E-state index contributed by atoms with van der Waals surface area (Å²) >= 11 is 0. The first kappa shape index (κ1) is 18.7. The lowest BCUT2D eigenvalue weighted by atomic mass is 9.90. The number of nitrogens with zero attached hydrogens (tertiary/aromatic N) is 2. The van der Waals surface area contributed by atoms with Crippen molar-refractivity contribution in [2.75, 3.05) is 6.26 Å². The molecule has 2 heterocycles. The van der Waals surface area contributed by atoms with Crippen molar-refractivity contribution in [2.24, 2.45) is 0 Å². The van der Waals surface area contributed by atoms with Crippen LogP contribution < -0.4 is 15.0 Å². The molecule has 3 rings (SSSR count). The highest BCUT2D eigenvalue weighted by Crippen LogP contribution is 2.42. The number of ether oxygens (including phenoxy) is 1. The minimum absolute atomic E-state index is 0.226. The summed E-state index contributed by atoms with van der Waals surface area (Å²) in [6.45, 7) is 5.17. The van der Waals surface area contributed by atoms with Gasteiger partial charge in [0.2, 0.25) is 10.0 Å². The Kier molecular flexibility index (Phi) is 4.36. The van der Waals surface area contributed by atoms with Gasteiger partial charge in [0.05, 0.1) is 29.3 Å². The SMILES string of the molecule is Cc1c(C#N)ccc2c1C(n1ccccc1=O)=C(NS(C)(=O)=O)C(C)(C)O2. The average molecular weight is 385 g/mol. The third kappa shape index (κ3) is 3.34. The highest BCUT2D eigenvalue weighted by Gasteiger charge is 2.39. The van der Waals surface area contributed by atoms with Crippen molar-refractivity contribution in [1.82, 2.24) is 9.29 Å². The molecular weight excluding hydrogens is 366 g/mol. The van der Waals surface area contributed by atoms with Crippen LogP contribution in [0.1, 0.15) is 30.5 Å². The fourth-order valence-corrected chi connectivity index (χ4v) is 3.85. The Bertz CT molecular complexity index is 1170. The molecule has 140 valence electrons. The van der Waals surface area contributed by atoms with Crippen molar-refractivity contribution >= 4 is 15.7 Å². The van der Waals surface area contributed by atoms with Crippen molar-refractivity contribution in [3.63, 3.8) is 0 Å². The topological polar surface area (TPSA) is 101 Å². The summed E-state index contributed by atoms with van der Waals surface area (Å²) in [4.78, 5) is 12.6. The van der Waals surface area contributed by atoms with Crippen LogP contribution in [0.15, 0.2) is 47.0 Å². The predicted octanol–water partition coefficient (Wildman–Crippen LogP) is 1.97. The molecule has 0 aliphatic carbocycles. The van der Waals surface area contributed by atoms with Gasteiger partial charge in [-0.15, -0.1) is 0 Å². The molecule has 0 radical (unpaired) electrons. The number of hydrogen-bond acceptors (Lipinski definition) is 5. The van der Waals surface area contributed by atoms with E-state index in [2.05, 4.69) is 10.8 Å². The molecular formula is C19H19N3O4S. The maximum absolute atomic E-state index is 12.6. The van der Waals surface area contributed by atoms with Crippen molar-refractivity contribution in [3.05, 3.63) is 69.3 Å². The Hall–Kier alpha value is -3.05. The van der Waals surface area contributed by atoms with Gasteiger partial charge < -0.3 is 4.74 Å². The van der Waals surface area contributed by atoms with Gasteiger partial charge in [-0.1, -0.05) is 6.07 Å². The summed E-state index contributed by atoms with van der Waals surface area (Å²) in [6, 6.07) is 10.1. The Labute approximate surface area is 157 Å². The van der Waals surface area contributed by atoms with Gasteiger partial charge in [0.1, 0.15) is 11.4 Å². The molecule has 0 bridgehead atoms. The van der Waals surface area contributed by atoms with Crippen LogP contribution in [0.25, 0.3) is 5.70 Å². The van der Waals surface area contributed by atoms with E-state index >= 15 is 0 Å². The van der Waals surface area contributed by atoms with E-state index in [0.29, 0.717) is 28.1 Å². The minimum Gasteiger partial charge on any atom is -0.481 e. The summed E-state index contributed by atoms with van der Waals surface area (Å²) < 4.78 is 34.0. The van der Waals surface area contributed by atoms with Crippen LogP contribution in [0, 0.1) is 18.3 Å². The molecule has 1 N–H and O–H groups in total. The smallest absolute Gasteiger partial charge is 0.255 e. The zero-order valence-corrected chi connectivity index (χ0v) is 16.2. The molecule has 0 amide bonds. The highest BCUT2D eigenvalue weighted by atomic mass is 32.2. The normalized spacial score (nSPS) is 15.5. The van der Waals surface area contributed by atoms with Crippen LogP contribution >= 0.6 is 0 Å². The molecule has 1 aromatic heterocycles. The molecule has 0 fully saturated rings.